The lowest BCUT2D eigenvalue weighted by Gasteiger charge is -2.23. The molecule has 0 aliphatic heterocycles. The average molecular weight is 206 g/mol. The van der Waals surface area contributed by atoms with Crippen LogP contribution in [0.15, 0.2) is 18.2 Å². The minimum atomic E-state index is -0.113. The van der Waals surface area contributed by atoms with Gasteiger partial charge in [0, 0.05) is 11.0 Å². The van der Waals surface area contributed by atoms with E-state index in [1.54, 1.807) is 0 Å². The van der Waals surface area contributed by atoms with Crippen LogP contribution in [-0.2, 0) is 0 Å². The van der Waals surface area contributed by atoms with Crippen molar-refractivity contribution in [3.63, 3.8) is 0 Å². The predicted octanol–water partition coefficient (Wildman–Crippen LogP) is 3.10. The Bertz CT molecular complexity index is 300. The van der Waals surface area contributed by atoms with Crippen LogP contribution in [0.1, 0.15) is 31.9 Å². The van der Waals surface area contributed by atoms with Crippen molar-refractivity contribution >= 4 is 11.0 Å². The number of hydrogen-bond acceptors (Lipinski definition) is 1. The first-order valence-corrected chi connectivity index (χ1v) is 4.65. The van der Waals surface area contributed by atoms with Gasteiger partial charge in [0.2, 0.25) is 0 Å². The van der Waals surface area contributed by atoms with Gasteiger partial charge in [0.1, 0.15) is 11.4 Å². The largest absolute Gasteiger partial charge is 0.488 e. The SMILES string of the molecule is Cc1cccc(OC(C)(C)C)c1C.[Si]. The Labute approximate surface area is 91.5 Å². The highest BCUT2D eigenvalue weighted by Gasteiger charge is 2.13. The zero-order valence-corrected chi connectivity index (χ0v) is 10.6. The Hall–Kier alpha value is -0.763. The van der Waals surface area contributed by atoms with E-state index in [1.165, 1.54) is 11.1 Å². The lowest BCUT2D eigenvalue weighted by Crippen LogP contribution is -2.23. The molecule has 0 heterocycles. The molecule has 0 bridgehead atoms. The molecule has 1 aromatic rings. The summed E-state index contributed by atoms with van der Waals surface area (Å²) in [5, 5.41) is 0. The Kier molecular flexibility index (Phi) is 4.39. The molecule has 0 saturated heterocycles. The van der Waals surface area contributed by atoms with Gasteiger partial charge in [0.15, 0.2) is 0 Å². The highest BCUT2D eigenvalue weighted by atomic mass is 28.1. The molecule has 2 heteroatoms. The van der Waals surface area contributed by atoms with Gasteiger partial charge in [-0.25, -0.2) is 0 Å². The van der Waals surface area contributed by atoms with Crippen LogP contribution in [-0.4, -0.2) is 16.6 Å². The summed E-state index contributed by atoms with van der Waals surface area (Å²) in [6, 6.07) is 6.15. The minimum absolute atomic E-state index is 0. The smallest absolute Gasteiger partial charge is 0.123 e. The van der Waals surface area contributed by atoms with E-state index in [0.717, 1.165) is 5.75 Å². The third kappa shape index (κ3) is 3.54. The van der Waals surface area contributed by atoms with Gasteiger partial charge in [-0.3, -0.25) is 0 Å². The molecule has 4 radical (unpaired) electrons. The van der Waals surface area contributed by atoms with Crippen LogP contribution in [0.25, 0.3) is 0 Å². The predicted molar refractivity (Wildman–Crippen MR) is 62.1 cm³/mol. The van der Waals surface area contributed by atoms with Crippen molar-refractivity contribution < 1.29 is 4.74 Å². The van der Waals surface area contributed by atoms with E-state index >= 15 is 0 Å². The summed E-state index contributed by atoms with van der Waals surface area (Å²) >= 11 is 0. The first-order valence-electron chi connectivity index (χ1n) is 4.65. The van der Waals surface area contributed by atoms with Crippen molar-refractivity contribution in [2.24, 2.45) is 0 Å². The van der Waals surface area contributed by atoms with Crippen LogP contribution in [0.4, 0.5) is 0 Å². The van der Waals surface area contributed by atoms with Crippen LogP contribution >= 0.6 is 0 Å². The molecule has 1 aromatic carbocycles. The molecular weight excluding hydrogens is 188 g/mol. The number of ether oxygens (including phenoxy) is 1. The van der Waals surface area contributed by atoms with E-state index < -0.39 is 0 Å². The number of hydrogen-bond donors (Lipinski definition) is 0. The van der Waals surface area contributed by atoms with Crippen LogP contribution < -0.4 is 4.74 Å². The fourth-order valence-electron chi connectivity index (χ4n) is 1.16. The molecule has 0 atom stereocenters. The molecule has 76 valence electrons. The molecule has 0 unspecified atom stereocenters. The van der Waals surface area contributed by atoms with Crippen molar-refractivity contribution in [3.05, 3.63) is 29.3 Å². The third-order valence-corrected chi connectivity index (χ3v) is 1.97. The van der Waals surface area contributed by atoms with Crippen molar-refractivity contribution in [3.8, 4) is 5.75 Å². The number of rotatable bonds is 1. The summed E-state index contributed by atoms with van der Waals surface area (Å²) in [4.78, 5) is 0. The number of aryl methyl sites for hydroxylation is 1. The Morgan fingerprint density at radius 3 is 2.14 bits per heavy atom. The topological polar surface area (TPSA) is 9.23 Å². The molecule has 0 fully saturated rings. The van der Waals surface area contributed by atoms with Gasteiger partial charge in [-0.15, -0.1) is 0 Å². The highest BCUT2D eigenvalue weighted by molar-refractivity contribution is 5.75. The summed E-state index contributed by atoms with van der Waals surface area (Å²) in [7, 11) is 0. The second kappa shape index (κ2) is 4.65. The maximum atomic E-state index is 5.81. The molecule has 0 aliphatic carbocycles. The lowest BCUT2D eigenvalue weighted by atomic mass is 10.1. The molecule has 0 aromatic heterocycles. The van der Waals surface area contributed by atoms with E-state index in [-0.39, 0.29) is 16.6 Å². The van der Waals surface area contributed by atoms with E-state index in [0.29, 0.717) is 0 Å². The molecule has 0 aliphatic rings. The second-order valence-corrected chi connectivity index (χ2v) is 4.41. The molecule has 0 saturated carbocycles. The quantitative estimate of drug-likeness (QED) is 0.642. The van der Waals surface area contributed by atoms with Gasteiger partial charge in [0.25, 0.3) is 0 Å². The minimum Gasteiger partial charge on any atom is -0.488 e. The summed E-state index contributed by atoms with van der Waals surface area (Å²) in [6.45, 7) is 10.4. The van der Waals surface area contributed by atoms with Crippen LogP contribution in [0.3, 0.4) is 0 Å². The Balaban J connectivity index is 0.00000169. The third-order valence-electron chi connectivity index (χ3n) is 1.97. The molecule has 14 heavy (non-hydrogen) atoms. The molecule has 0 amide bonds. The second-order valence-electron chi connectivity index (χ2n) is 4.41. The molecule has 1 nitrogen and oxygen atoms in total. The molecule has 0 spiro atoms. The zero-order chi connectivity index (χ0) is 10.1. The van der Waals surface area contributed by atoms with E-state index in [9.17, 15) is 0 Å². The van der Waals surface area contributed by atoms with Gasteiger partial charge in [-0.2, -0.15) is 0 Å². The van der Waals surface area contributed by atoms with E-state index in [4.69, 9.17) is 4.74 Å². The first kappa shape index (κ1) is 13.2. The molecule has 0 N–H and O–H groups in total. The van der Waals surface area contributed by atoms with Gasteiger partial charge in [0.05, 0.1) is 0 Å². The summed E-state index contributed by atoms with van der Waals surface area (Å²) < 4.78 is 5.81. The average Bonchev–Trinajstić information content (AvgIpc) is 1.96. The fourth-order valence-corrected chi connectivity index (χ4v) is 1.16. The van der Waals surface area contributed by atoms with Gasteiger partial charge >= 0.3 is 0 Å². The van der Waals surface area contributed by atoms with Crippen molar-refractivity contribution in [1.82, 2.24) is 0 Å². The van der Waals surface area contributed by atoms with Crippen molar-refractivity contribution in [2.45, 2.75) is 40.2 Å². The summed E-state index contributed by atoms with van der Waals surface area (Å²) in [5.74, 6) is 0.993. The van der Waals surface area contributed by atoms with E-state index in [2.05, 4.69) is 40.7 Å². The monoisotopic (exact) mass is 206 g/mol. The normalized spacial score (nSPS) is 10.6. The Morgan fingerprint density at radius 2 is 1.64 bits per heavy atom. The lowest BCUT2D eigenvalue weighted by molar-refractivity contribution is 0.130. The molecule has 1 rings (SSSR count). The highest BCUT2D eigenvalue weighted by Crippen LogP contribution is 2.24. The fraction of sp³-hybridized carbons (Fsp3) is 0.500. The first-order chi connectivity index (χ1) is 5.90. The Morgan fingerprint density at radius 1 is 1.07 bits per heavy atom. The maximum Gasteiger partial charge on any atom is 0.123 e. The summed E-state index contributed by atoms with van der Waals surface area (Å²) in [5.41, 5.74) is 2.40. The van der Waals surface area contributed by atoms with Crippen LogP contribution in [0.2, 0.25) is 0 Å². The summed E-state index contributed by atoms with van der Waals surface area (Å²) in [6.07, 6.45) is 0. The van der Waals surface area contributed by atoms with Crippen LogP contribution in [0.5, 0.6) is 5.75 Å². The van der Waals surface area contributed by atoms with Gasteiger partial charge < -0.3 is 4.74 Å². The van der Waals surface area contributed by atoms with Crippen LogP contribution in [0, 0.1) is 13.8 Å². The standard InChI is InChI=1S/C12H18O.Si/c1-9-7-6-8-11(10(9)2)13-12(3,4)5;/h6-8H,1-5H3;. The number of benzene rings is 1. The van der Waals surface area contributed by atoms with E-state index in [1.807, 2.05) is 12.1 Å². The van der Waals surface area contributed by atoms with Gasteiger partial charge in [-0.05, 0) is 51.8 Å². The molecular formula is C12H18OSi. The van der Waals surface area contributed by atoms with Gasteiger partial charge in [-0.1, -0.05) is 12.1 Å². The maximum absolute atomic E-state index is 5.81. The zero-order valence-electron chi connectivity index (χ0n) is 9.64. The van der Waals surface area contributed by atoms with Crippen molar-refractivity contribution in [1.29, 1.82) is 0 Å². The van der Waals surface area contributed by atoms with Crippen molar-refractivity contribution in [2.75, 3.05) is 0 Å².